The molecule has 0 saturated heterocycles. The van der Waals surface area contributed by atoms with Crippen LogP contribution in [0.15, 0.2) is 29.3 Å². The highest BCUT2D eigenvalue weighted by Gasteiger charge is 2.20. The van der Waals surface area contributed by atoms with Crippen molar-refractivity contribution in [3.05, 3.63) is 45.4 Å². The van der Waals surface area contributed by atoms with Gasteiger partial charge in [-0.25, -0.2) is 9.78 Å². The van der Waals surface area contributed by atoms with Gasteiger partial charge in [-0.05, 0) is 51.3 Å². The largest absolute Gasteiger partial charge is 0.462 e. The Balaban J connectivity index is 0.00000480. The van der Waals surface area contributed by atoms with Crippen LogP contribution in [-0.2, 0) is 11.2 Å². The smallest absolute Gasteiger partial charge is 0.350 e. The average Bonchev–Trinajstić information content (AvgIpc) is 3.12. The monoisotopic (exact) mass is 559 g/mol. The maximum atomic E-state index is 12.0. The summed E-state index contributed by atoms with van der Waals surface area (Å²) >= 11 is 1.36. The molecule has 0 aliphatic carbocycles. The minimum Gasteiger partial charge on any atom is -0.462 e. The Kier molecular flexibility index (Phi) is 11.8. The number of thiazole rings is 1. The number of carbonyl (C=O) groups is 1. The van der Waals surface area contributed by atoms with Crippen LogP contribution >= 0.6 is 35.3 Å². The second-order valence-corrected chi connectivity index (χ2v) is 8.25. The zero-order chi connectivity index (χ0) is 22.1. The Labute approximate surface area is 206 Å². The first-order valence-corrected chi connectivity index (χ1v) is 11.0. The maximum Gasteiger partial charge on any atom is 0.350 e. The second-order valence-electron chi connectivity index (χ2n) is 7.22. The minimum absolute atomic E-state index is 0. The molecule has 2 aromatic rings. The van der Waals surface area contributed by atoms with Gasteiger partial charge in [0.2, 0.25) is 0 Å². The van der Waals surface area contributed by atoms with E-state index in [2.05, 4.69) is 49.8 Å². The zero-order valence-corrected chi connectivity index (χ0v) is 22.3. The number of rotatable bonds is 9. The predicted molar refractivity (Wildman–Crippen MR) is 140 cm³/mol. The van der Waals surface area contributed by atoms with Crippen LogP contribution in [0.25, 0.3) is 0 Å². The average molecular weight is 560 g/mol. The van der Waals surface area contributed by atoms with Gasteiger partial charge in [0.25, 0.3) is 0 Å². The molecular formula is C22H34IN5O2S. The summed E-state index contributed by atoms with van der Waals surface area (Å²) in [5.74, 6) is 0.406. The van der Waals surface area contributed by atoms with Crippen molar-refractivity contribution in [2.24, 2.45) is 4.99 Å². The number of hydrogen-bond donors (Lipinski definition) is 2. The molecule has 1 heterocycles. The summed E-state index contributed by atoms with van der Waals surface area (Å²) < 4.78 is 5.10. The molecule has 2 rings (SSSR count). The normalized spacial score (nSPS) is 12.0. The van der Waals surface area contributed by atoms with Crippen molar-refractivity contribution in [1.29, 1.82) is 0 Å². The van der Waals surface area contributed by atoms with E-state index in [1.165, 1.54) is 22.6 Å². The maximum absolute atomic E-state index is 12.0. The van der Waals surface area contributed by atoms with E-state index >= 15 is 0 Å². The van der Waals surface area contributed by atoms with Gasteiger partial charge in [0, 0.05) is 33.4 Å². The summed E-state index contributed by atoms with van der Waals surface area (Å²) in [4.78, 5) is 23.5. The fourth-order valence-corrected chi connectivity index (χ4v) is 3.87. The standard InChI is InChI=1S/C22H33N5O2S.HI/c1-7-29-21(28)19-15(2)25-20(30-19)16(3)26-22(23-4)24-14-8-9-17-10-12-18(13-11-17)27(5)6;/h10-13,16H,7-9,14H2,1-6H3,(H2,23,24,26);1H. The number of esters is 1. The molecule has 0 fully saturated rings. The van der Waals surface area contributed by atoms with Gasteiger partial charge in [-0.3, -0.25) is 4.99 Å². The molecule has 2 N–H and O–H groups in total. The second kappa shape index (κ2) is 13.5. The molecule has 7 nitrogen and oxygen atoms in total. The number of guanidine groups is 1. The zero-order valence-electron chi connectivity index (χ0n) is 19.2. The van der Waals surface area contributed by atoms with Crippen molar-refractivity contribution in [2.75, 3.05) is 39.2 Å². The van der Waals surface area contributed by atoms with E-state index in [0.717, 1.165) is 30.4 Å². The highest BCUT2D eigenvalue weighted by molar-refractivity contribution is 14.0. The number of hydrogen-bond acceptors (Lipinski definition) is 6. The van der Waals surface area contributed by atoms with Crippen molar-refractivity contribution >= 4 is 52.9 Å². The number of ether oxygens (including phenoxy) is 1. The summed E-state index contributed by atoms with van der Waals surface area (Å²) in [7, 11) is 5.84. The molecule has 0 aliphatic heterocycles. The van der Waals surface area contributed by atoms with Crippen LogP contribution in [0, 0.1) is 6.92 Å². The van der Waals surface area contributed by atoms with E-state index in [0.29, 0.717) is 17.2 Å². The van der Waals surface area contributed by atoms with Gasteiger partial charge in [0.05, 0.1) is 18.3 Å². The molecule has 172 valence electrons. The summed E-state index contributed by atoms with van der Waals surface area (Å²) in [5, 5.41) is 7.53. The van der Waals surface area contributed by atoms with Crippen molar-refractivity contribution in [3.63, 3.8) is 0 Å². The predicted octanol–water partition coefficient (Wildman–Crippen LogP) is 4.17. The van der Waals surface area contributed by atoms with Crippen LogP contribution in [0.1, 0.15) is 52.2 Å². The summed E-state index contributed by atoms with van der Waals surface area (Å²) in [6, 6.07) is 8.57. The Morgan fingerprint density at radius 1 is 1.29 bits per heavy atom. The van der Waals surface area contributed by atoms with Crippen LogP contribution in [0.5, 0.6) is 0 Å². The van der Waals surface area contributed by atoms with Crippen molar-refractivity contribution < 1.29 is 9.53 Å². The van der Waals surface area contributed by atoms with Gasteiger partial charge in [-0.1, -0.05) is 12.1 Å². The third-order valence-electron chi connectivity index (χ3n) is 4.61. The Morgan fingerprint density at radius 2 is 1.97 bits per heavy atom. The highest BCUT2D eigenvalue weighted by Crippen LogP contribution is 2.24. The van der Waals surface area contributed by atoms with Gasteiger partial charge in [-0.15, -0.1) is 35.3 Å². The first-order valence-electron chi connectivity index (χ1n) is 10.2. The van der Waals surface area contributed by atoms with E-state index in [1.54, 1.807) is 14.0 Å². The fraction of sp³-hybridized carbons (Fsp3) is 0.500. The van der Waals surface area contributed by atoms with E-state index in [-0.39, 0.29) is 36.0 Å². The number of anilines is 1. The van der Waals surface area contributed by atoms with Crippen molar-refractivity contribution in [1.82, 2.24) is 15.6 Å². The lowest BCUT2D eigenvalue weighted by Gasteiger charge is -2.16. The van der Waals surface area contributed by atoms with Gasteiger partial charge in [-0.2, -0.15) is 0 Å². The minimum atomic E-state index is -0.313. The van der Waals surface area contributed by atoms with Crippen molar-refractivity contribution in [3.8, 4) is 0 Å². The number of aryl methyl sites for hydroxylation is 2. The third-order valence-corrected chi connectivity index (χ3v) is 5.93. The highest BCUT2D eigenvalue weighted by atomic mass is 127. The molecular weight excluding hydrogens is 525 g/mol. The number of benzene rings is 1. The number of nitrogens with zero attached hydrogens (tertiary/aromatic N) is 3. The van der Waals surface area contributed by atoms with E-state index < -0.39 is 0 Å². The van der Waals surface area contributed by atoms with E-state index in [1.807, 2.05) is 27.9 Å². The number of nitrogens with one attached hydrogen (secondary N) is 2. The van der Waals surface area contributed by atoms with Crippen LogP contribution < -0.4 is 15.5 Å². The van der Waals surface area contributed by atoms with E-state index in [9.17, 15) is 4.79 Å². The molecule has 1 unspecified atom stereocenters. The van der Waals surface area contributed by atoms with Gasteiger partial charge >= 0.3 is 5.97 Å². The lowest BCUT2D eigenvalue weighted by atomic mass is 10.1. The van der Waals surface area contributed by atoms with Gasteiger partial charge in [0.15, 0.2) is 5.96 Å². The lowest BCUT2D eigenvalue weighted by molar-refractivity contribution is 0.0531. The molecule has 0 radical (unpaired) electrons. The molecule has 1 aromatic carbocycles. The molecule has 9 heteroatoms. The summed E-state index contributed by atoms with van der Waals surface area (Å²) in [6.07, 6.45) is 2.00. The van der Waals surface area contributed by atoms with Crippen molar-refractivity contribution in [2.45, 2.75) is 39.7 Å². The number of carbonyl (C=O) groups excluding carboxylic acids is 1. The molecule has 1 aromatic heterocycles. The molecule has 0 amide bonds. The number of halogens is 1. The third kappa shape index (κ3) is 8.29. The van der Waals surface area contributed by atoms with Crippen LogP contribution in [-0.4, -0.2) is 51.2 Å². The molecule has 0 saturated carbocycles. The topological polar surface area (TPSA) is 78.8 Å². The Bertz CT molecular complexity index is 852. The summed E-state index contributed by atoms with van der Waals surface area (Å²) in [5.41, 5.74) is 3.23. The first kappa shape index (κ1) is 27.2. The van der Waals surface area contributed by atoms with Gasteiger partial charge < -0.3 is 20.3 Å². The molecule has 1 atom stereocenters. The quantitative estimate of drug-likeness (QED) is 0.158. The van der Waals surface area contributed by atoms with Crippen LogP contribution in [0.2, 0.25) is 0 Å². The fourth-order valence-electron chi connectivity index (χ4n) is 2.91. The Hall–Kier alpha value is -1.88. The summed E-state index contributed by atoms with van der Waals surface area (Å²) in [6.45, 7) is 6.81. The molecule has 0 bridgehead atoms. The Morgan fingerprint density at radius 3 is 2.55 bits per heavy atom. The lowest BCUT2D eigenvalue weighted by Crippen LogP contribution is -2.39. The number of aliphatic imine (C=N–C) groups is 1. The van der Waals surface area contributed by atoms with Gasteiger partial charge in [0.1, 0.15) is 9.88 Å². The van der Waals surface area contributed by atoms with Crippen LogP contribution in [0.3, 0.4) is 0 Å². The molecule has 31 heavy (non-hydrogen) atoms. The SMILES string of the molecule is CCOC(=O)c1sc(C(C)NC(=NC)NCCCc2ccc(N(C)C)cc2)nc1C.I. The van der Waals surface area contributed by atoms with E-state index in [4.69, 9.17) is 4.74 Å². The number of aromatic nitrogens is 1. The molecule has 0 spiro atoms. The first-order chi connectivity index (χ1) is 14.3. The molecule has 0 aliphatic rings. The van der Waals surface area contributed by atoms with Crippen LogP contribution in [0.4, 0.5) is 5.69 Å².